The average Bonchev–Trinajstić information content (AvgIpc) is 2.51. The van der Waals surface area contributed by atoms with Crippen LogP contribution in [0.4, 0.5) is 0 Å². The highest BCUT2D eigenvalue weighted by Gasteiger charge is 2.10. The van der Waals surface area contributed by atoms with Crippen molar-refractivity contribution in [2.45, 2.75) is 59.0 Å². The van der Waals surface area contributed by atoms with E-state index in [1.165, 1.54) is 45.2 Å². The lowest BCUT2D eigenvalue weighted by Crippen LogP contribution is -2.31. The highest BCUT2D eigenvalue weighted by Crippen LogP contribution is 2.14. The zero-order valence-electron chi connectivity index (χ0n) is 12.9. The molecular formula is C15H34N2O. The molecule has 0 aromatic rings. The highest BCUT2D eigenvalue weighted by atomic mass is 16.5. The lowest BCUT2D eigenvalue weighted by molar-refractivity contribution is 0.0765. The first-order chi connectivity index (χ1) is 8.86. The molecule has 0 saturated carbocycles. The van der Waals surface area contributed by atoms with Crippen molar-refractivity contribution in [1.82, 2.24) is 10.6 Å². The van der Waals surface area contributed by atoms with Crippen LogP contribution >= 0.6 is 0 Å². The third-order valence-corrected chi connectivity index (χ3v) is 3.66. The zero-order chi connectivity index (χ0) is 13.6. The van der Waals surface area contributed by atoms with Gasteiger partial charge < -0.3 is 15.4 Å². The van der Waals surface area contributed by atoms with Crippen molar-refractivity contribution >= 4 is 0 Å². The van der Waals surface area contributed by atoms with Crippen LogP contribution in [0.3, 0.4) is 0 Å². The van der Waals surface area contributed by atoms with Crippen LogP contribution in [0, 0.1) is 5.92 Å². The summed E-state index contributed by atoms with van der Waals surface area (Å²) in [6, 6.07) is 0. The second-order valence-corrected chi connectivity index (χ2v) is 4.79. The maximum absolute atomic E-state index is 5.15. The van der Waals surface area contributed by atoms with E-state index in [-0.39, 0.29) is 0 Å². The number of methoxy groups -OCH3 is 1. The van der Waals surface area contributed by atoms with E-state index in [2.05, 4.69) is 17.6 Å². The fourth-order valence-electron chi connectivity index (χ4n) is 2.32. The molecule has 0 unspecified atom stereocenters. The molecule has 2 N–H and O–H groups in total. The molecule has 0 aliphatic carbocycles. The fourth-order valence-corrected chi connectivity index (χ4v) is 2.32. The summed E-state index contributed by atoms with van der Waals surface area (Å²) in [4.78, 5) is 0. The van der Waals surface area contributed by atoms with Crippen LogP contribution in [0.25, 0.3) is 0 Å². The Labute approximate surface area is 114 Å². The van der Waals surface area contributed by atoms with Gasteiger partial charge in [-0.2, -0.15) is 0 Å². The van der Waals surface area contributed by atoms with E-state index in [9.17, 15) is 0 Å². The first-order valence-corrected chi connectivity index (χ1v) is 7.81. The van der Waals surface area contributed by atoms with Gasteiger partial charge in [0.25, 0.3) is 0 Å². The Morgan fingerprint density at radius 1 is 0.889 bits per heavy atom. The minimum Gasteiger partial charge on any atom is -0.381 e. The third-order valence-electron chi connectivity index (χ3n) is 3.66. The maximum Gasteiger partial charge on any atom is 0.0595 e. The van der Waals surface area contributed by atoms with Crippen LogP contribution in [0.15, 0.2) is 0 Å². The Morgan fingerprint density at radius 3 is 1.61 bits per heavy atom. The van der Waals surface area contributed by atoms with Crippen LogP contribution in [0.2, 0.25) is 0 Å². The quantitative estimate of drug-likeness (QED) is 0.799. The van der Waals surface area contributed by atoms with Gasteiger partial charge in [-0.1, -0.05) is 27.2 Å². The molecule has 2 fully saturated rings. The third kappa shape index (κ3) is 8.90. The molecule has 0 aromatic heterocycles. The highest BCUT2D eigenvalue weighted by molar-refractivity contribution is 4.67. The molecule has 0 atom stereocenters. The normalized spacial score (nSPS) is 21.3. The molecule has 2 rings (SSSR count). The lowest BCUT2D eigenvalue weighted by atomic mass is 9.96. The minimum absolute atomic E-state index is 0.524. The largest absolute Gasteiger partial charge is 0.381 e. The number of hydrogen-bond donors (Lipinski definition) is 2. The molecule has 0 spiro atoms. The molecule has 3 nitrogen and oxygen atoms in total. The Morgan fingerprint density at radius 2 is 1.33 bits per heavy atom. The van der Waals surface area contributed by atoms with Crippen molar-refractivity contribution in [3.63, 3.8) is 0 Å². The number of rotatable bonds is 2. The maximum atomic E-state index is 5.15. The van der Waals surface area contributed by atoms with Gasteiger partial charge in [0.1, 0.15) is 0 Å². The summed E-state index contributed by atoms with van der Waals surface area (Å²) in [7, 11) is 1.79. The van der Waals surface area contributed by atoms with Gasteiger partial charge in [-0.15, -0.1) is 0 Å². The number of hydrogen-bond acceptors (Lipinski definition) is 3. The van der Waals surface area contributed by atoms with E-state index in [1.807, 2.05) is 13.8 Å². The molecule has 2 saturated heterocycles. The topological polar surface area (TPSA) is 33.3 Å². The van der Waals surface area contributed by atoms with E-state index >= 15 is 0 Å². The van der Waals surface area contributed by atoms with Crippen molar-refractivity contribution in [1.29, 1.82) is 0 Å². The molecule has 0 aromatic carbocycles. The van der Waals surface area contributed by atoms with Crippen molar-refractivity contribution < 1.29 is 4.74 Å². The fraction of sp³-hybridized carbons (Fsp3) is 1.00. The van der Waals surface area contributed by atoms with Crippen LogP contribution in [-0.2, 0) is 4.74 Å². The Balaban J connectivity index is 0.000000283. The number of nitrogens with one attached hydrogen (secondary N) is 2. The standard InChI is InChI=1S/C7H15N.C6H13NO.C2H6/c1-2-7-3-5-8-6-4-7;1-8-6-2-4-7-5-3-6;1-2/h7-8H,2-6H2,1H3;6-7H,2-5H2,1H3;1-2H3. The summed E-state index contributed by atoms with van der Waals surface area (Å²) in [5.41, 5.74) is 0. The summed E-state index contributed by atoms with van der Waals surface area (Å²) >= 11 is 0. The summed E-state index contributed by atoms with van der Waals surface area (Å²) in [5, 5.41) is 6.62. The van der Waals surface area contributed by atoms with Crippen molar-refractivity contribution in [3.05, 3.63) is 0 Å². The summed E-state index contributed by atoms with van der Waals surface area (Å²) < 4.78 is 5.15. The van der Waals surface area contributed by atoms with E-state index in [4.69, 9.17) is 4.74 Å². The van der Waals surface area contributed by atoms with Gasteiger partial charge in [0, 0.05) is 7.11 Å². The minimum atomic E-state index is 0.524. The molecule has 2 aliphatic heterocycles. The molecule has 2 heterocycles. The van der Waals surface area contributed by atoms with Crippen LogP contribution < -0.4 is 10.6 Å². The summed E-state index contributed by atoms with van der Waals surface area (Å²) in [5.74, 6) is 1.02. The second-order valence-electron chi connectivity index (χ2n) is 4.79. The molecule has 2 aliphatic rings. The summed E-state index contributed by atoms with van der Waals surface area (Å²) in [6.07, 6.45) is 7.05. The Bertz CT molecular complexity index is 135. The molecule has 0 bridgehead atoms. The smallest absolute Gasteiger partial charge is 0.0595 e. The van der Waals surface area contributed by atoms with E-state index < -0.39 is 0 Å². The molecule has 0 radical (unpaired) electrons. The number of piperidine rings is 2. The monoisotopic (exact) mass is 258 g/mol. The molecule has 18 heavy (non-hydrogen) atoms. The van der Waals surface area contributed by atoms with E-state index in [0.717, 1.165) is 19.0 Å². The number of ether oxygens (including phenoxy) is 1. The van der Waals surface area contributed by atoms with Gasteiger partial charge >= 0.3 is 0 Å². The van der Waals surface area contributed by atoms with Gasteiger partial charge in [0.2, 0.25) is 0 Å². The Kier molecular flexibility index (Phi) is 13.2. The van der Waals surface area contributed by atoms with Crippen molar-refractivity contribution in [2.75, 3.05) is 33.3 Å². The Hall–Kier alpha value is -0.120. The van der Waals surface area contributed by atoms with Crippen LogP contribution in [0.5, 0.6) is 0 Å². The summed E-state index contributed by atoms with van der Waals surface area (Å²) in [6.45, 7) is 11.0. The van der Waals surface area contributed by atoms with Gasteiger partial charge in [-0.3, -0.25) is 0 Å². The molecule has 3 heteroatoms. The van der Waals surface area contributed by atoms with Gasteiger partial charge in [0.05, 0.1) is 6.10 Å². The van der Waals surface area contributed by atoms with Crippen molar-refractivity contribution in [3.8, 4) is 0 Å². The average molecular weight is 258 g/mol. The molecule has 110 valence electrons. The van der Waals surface area contributed by atoms with E-state index in [1.54, 1.807) is 7.11 Å². The molecular weight excluding hydrogens is 224 g/mol. The lowest BCUT2D eigenvalue weighted by Gasteiger charge is -2.20. The second kappa shape index (κ2) is 13.3. The van der Waals surface area contributed by atoms with E-state index in [0.29, 0.717) is 6.10 Å². The van der Waals surface area contributed by atoms with Gasteiger partial charge in [0.15, 0.2) is 0 Å². The van der Waals surface area contributed by atoms with Gasteiger partial charge in [-0.25, -0.2) is 0 Å². The zero-order valence-corrected chi connectivity index (χ0v) is 12.9. The molecule has 0 amide bonds. The van der Waals surface area contributed by atoms with Crippen molar-refractivity contribution in [2.24, 2.45) is 5.92 Å². The predicted octanol–water partition coefficient (Wildman–Crippen LogP) is 2.81. The van der Waals surface area contributed by atoms with Crippen LogP contribution in [0.1, 0.15) is 52.9 Å². The van der Waals surface area contributed by atoms with Crippen LogP contribution in [-0.4, -0.2) is 39.4 Å². The van der Waals surface area contributed by atoms with Gasteiger partial charge in [-0.05, 0) is 57.8 Å². The first kappa shape index (κ1) is 17.9. The SMILES string of the molecule is CC.CCC1CCNCC1.COC1CCNCC1. The predicted molar refractivity (Wildman–Crippen MR) is 80.1 cm³/mol. The first-order valence-electron chi connectivity index (χ1n) is 7.81.